The predicted molar refractivity (Wildman–Crippen MR) is 152 cm³/mol. The maximum Gasteiger partial charge on any atom is 0.213 e. The highest BCUT2D eigenvalue weighted by Crippen LogP contribution is 2.48. The van der Waals surface area contributed by atoms with E-state index in [1.165, 1.54) is 43.2 Å². The molecule has 0 bridgehead atoms. The number of ether oxygens (including phenoxy) is 1. The first-order valence-electron chi connectivity index (χ1n) is 12.5. The van der Waals surface area contributed by atoms with Crippen molar-refractivity contribution >= 4 is 54.1 Å². The van der Waals surface area contributed by atoms with Crippen molar-refractivity contribution in [2.24, 2.45) is 0 Å². The van der Waals surface area contributed by atoms with Crippen molar-refractivity contribution in [1.82, 2.24) is 9.55 Å². The van der Waals surface area contributed by atoms with Gasteiger partial charge in [-0.1, -0.05) is 78.8 Å². The molecule has 1 saturated carbocycles. The van der Waals surface area contributed by atoms with Crippen LogP contribution in [0.1, 0.15) is 81.8 Å². The van der Waals surface area contributed by atoms with Gasteiger partial charge in [0.1, 0.15) is 11.6 Å². The molecule has 35 heavy (non-hydrogen) atoms. The smallest absolute Gasteiger partial charge is 0.213 e. The van der Waals surface area contributed by atoms with Gasteiger partial charge >= 0.3 is 0 Å². The van der Waals surface area contributed by atoms with Crippen molar-refractivity contribution in [3.05, 3.63) is 67.2 Å². The summed E-state index contributed by atoms with van der Waals surface area (Å²) in [4.78, 5) is 5.84. The Hall–Kier alpha value is -1.70. The Morgan fingerprint density at radius 3 is 2.46 bits per heavy atom. The van der Waals surface area contributed by atoms with Crippen LogP contribution in [-0.4, -0.2) is 9.55 Å². The summed E-state index contributed by atoms with van der Waals surface area (Å²) in [7, 11) is 0. The number of fused-ring (bicyclic) bond motifs is 5. The molecule has 0 N–H and O–H groups in total. The Balaban J connectivity index is 0.000000689. The van der Waals surface area contributed by atoms with Crippen molar-refractivity contribution in [2.45, 2.75) is 71.9 Å². The molecule has 1 unspecified atom stereocenters. The molecule has 3 nitrogen and oxygen atoms in total. The second-order valence-corrected chi connectivity index (χ2v) is 11.2. The summed E-state index contributed by atoms with van der Waals surface area (Å²) in [5.74, 6) is 0.809. The molecule has 1 aliphatic heterocycles. The number of hydrogen-bond acceptors (Lipinski definition) is 3. The third kappa shape index (κ3) is 5.09. The Bertz CT molecular complexity index is 1310. The zero-order valence-electron chi connectivity index (χ0n) is 20.6. The molecule has 0 amide bonds. The summed E-state index contributed by atoms with van der Waals surface area (Å²) < 4.78 is 25.3. The second-order valence-electron chi connectivity index (χ2n) is 8.27. The molecule has 2 aromatic heterocycles. The van der Waals surface area contributed by atoms with Crippen LogP contribution in [0.4, 0.5) is 4.39 Å². The largest absolute Gasteiger partial charge is 0.464 e. The average molecular weight is 622 g/mol. The van der Waals surface area contributed by atoms with Gasteiger partial charge in [0, 0.05) is 26.4 Å². The van der Waals surface area contributed by atoms with Crippen molar-refractivity contribution < 1.29 is 9.13 Å². The molecular weight excluding hydrogens is 591 g/mol. The lowest BCUT2D eigenvalue weighted by Gasteiger charge is -2.29. The quantitative estimate of drug-likeness (QED) is 0.223. The van der Waals surface area contributed by atoms with Crippen LogP contribution in [0.15, 0.2) is 51.5 Å². The lowest BCUT2D eigenvalue weighted by atomic mass is 9.90. The van der Waals surface area contributed by atoms with E-state index in [0.717, 1.165) is 25.9 Å². The van der Waals surface area contributed by atoms with Gasteiger partial charge in [-0.3, -0.25) is 4.57 Å². The van der Waals surface area contributed by atoms with E-state index in [1.54, 1.807) is 11.3 Å². The monoisotopic (exact) mass is 620 g/mol. The SMILES string of the molecule is CC.CC.Fc1cc(Br)cc2c1-c1cc3cc(Br)ccc3n1C(c1cnc(C3CCCCC3)s1)O2. The minimum absolute atomic E-state index is 0.293. The van der Waals surface area contributed by atoms with Crippen LogP contribution in [0.5, 0.6) is 5.75 Å². The molecule has 4 aromatic rings. The first-order chi connectivity index (χ1) is 17.1. The van der Waals surface area contributed by atoms with Crippen molar-refractivity contribution in [1.29, 1.82) is 0 Å². The van der Waals surface area contributed by atoms with Crippen LogP contribution in [0, 0.1) is 5.82 Å². The molecule has 7 heteroatoms. The van der Waals surface area contributed by atoms with Gasteiger partial charge in [-0.15, -0.1) is 11.3 Å². The molecule has 0 radical (unpaired) electrons. The fraction of sp³-hybridized carbons (Fsp3) is 0.393. The predicted octanol–water partition coefficient (Wildman–Crippen LogP) is 10.5. The Kier molecular flexibility index (Phi) is 8.71. The number of halogens is 3. The van der Waals surface area contributed by atoms with Crippen molar-refractivity contribution in [2.75, 3.05) is 0 Å². The van der Waals surface area contributed by atoms with E-state index in [1.807, 2.05) is 46.0 Å². The third-order valence-electron chi connectivity index (χ3n) is 6.29. The topological polar surface area (TPSA) is 27.1 Å². The summed E-state index contributed by atoms with van der Waals surface area (Å²) in [6, 6.07) is 11.5. The molecule has 186 valence electrons. The van der Waals surface area contributed by atoms with E-state index in [4.69, 9.17) is 9.72 Å². The standard InChI is InChI=1S/C24H19Br2FN2OS.2C2H6/c25-15-6-7-18-14(8-15)9-19-22-17(27)10-16(26)11-20(22)30-24(29(18)19)21-12-28-23(31-21)13-4-2-1-3-5-13;2*1-2/h6-13,24H,1-5H2;2*1-2H3. The molecule has 0 spiro atoms. The van der Waals surface area contributed by atoms with E-state index in [0.29, 0.717) is 21.7 Å². The minimum Gasteiger partial charge on any atom is -0.464 e. The summed E-state index contributed by atoms with van der Waals surface area (Å²) in [6.45, 7) is 8.00. The summed E-state index contributed by atoms with van der Waals surface area (Å²) >= 11 is 8.71. The van der Waals surface area contributed by atoms with Crippen LogP contribution in [-0.2, 0) is 0 Å². The third-order valence-corrected chi connectivity index (χ3v) is 8.43. The average Bonchev–Trinajstić information content (AvgIpc) is 3.51. The molecule has 2 aliphatic rings. The molecular formula is C28H31Br2FN2OS. The molecule has 6 rings (SSSR count). The van der Waals surface area contributed by atoms with Gasteiger partial charge < -0.3 is 4.74 Å². The van der Waals surface area contributed by atoms with Gasteiger partial charge in [0.2, 0.25) is 6.23 Å². The summed E-state index contributed by atoms with van der Waals surface area (Å²) in [5, 5.41) is 2.25. The number of benzene rings is 2. The van der Waals surface area contributed by atoms with E-state index in [-0.39, 0.29) is 12.0 Å². The molecule has 1 atom stereocenters. The normalized spacial score (nSPS) is 16.8. The van der Waals surface area contributed by atoms with Crippen LogP contribution in [0.2, 0.25) is 0 Å². The lowest BCUT2D eigenvalue weighted by Crippen LogP contribution is -2.22. The van der Waals surface area contributed by atoms with E-state index in [2.05, 4.69) is 54.6 Å². The van der Waals surface area contributed by atoms with E-state index in [9.17, 15) is 0 Å². The van der Waals surface area contributed by atoms with Gasteiger partial charge in [0.05, 0.1) is 26.7 Å². The number of thiazole rings is 1. The molecule has 0 saturated heterocycles. The van der Waals surface area contributed by atoms with Gasteiger partial charge in [0.15, 0.2) is 0 Å². The first-order valence-corrected chi connectivity index (χ1v) is 14.9. The van der Waals surface area contributed by atoms with Crippen LogP contribution in [0.25, 0.3) is 22.2 Å². The maximum absolute atomic E-state index is 15.1. The van der Waals surface area contributed by atoms with Crippen LogP contribution in [0.3, 0.4) is 0 Å². The zero-order valence-corrected chi connectivity index (χ0v) is 24.6. The van der Waals surface area contributed by atoms with Crippen LogP contribution < -0.4 is 4.74 Å². The molecule has 1 fully saturated rings. The second kappa shape index (κ2) is 11.6. The highest BCUT2D eigenvalue weighted by molar-refractivity contribution is 9.10. The van der Waals surface area contributed by atoms with E-state index >= 15 is 4.39 Å². The highest BCUT2D eigenvalue weighted by Gasteiger charge is 2.33. The van der Waals surface area contributed by atoms with Crippen LogP contribution >= 0.6 is 43.2 Å². The highest BCUT2D eigenvalue weighted by atomic mass is 79.9. The summed E-state index contributed by atoms with van der Waals surface area (Å²) in [6.07, 6.45) is 7.89. The van der Waals surface area contributed by atoms with Gasteiger partial charge in [-0.25, -0.2) is 9.37 Å². The Labute approximate surface area is 228 Å². The Morgan fingerprint density at radius 1 is 0.971 bits per heavy atom. The van der Waals surface area contributed by atoms with Gasteiger partial charge in [0.25, 0.3) is 0 Å². The summed E-state index contributed by atoms with van der Waals surface area (Å²) in [5.41, 5.74) is 2.35. The van der Waals surface area contributed by atoms with Crippen molar-refractivity contribution in [3.8, 4) is 17.0 Å². The number of aromatic nitrogens is 2. The molecule has 2 aromatic carbocycles. The molecule has 1 aliphatic carbocycles. The van der Waals surface area contributed by atoms with Gasteiger partial charge in [-0.05, 0) is 49.2 Å². The van der Waals surface area contributed by atoms with Crippen molar-refractivity contribution in [3.63, 3.8) is 0 Å². The molecule has 3 heterocycles. The Morgan fingerprint density at radius 2 is 1.71 bits per heavy atom. The number of rotatable bonds is 2. The number of hydrogen-bond donors (Lipinski definition) is 0. The first kappa shape index (κ1) is 26.4. The van der Waals surface area contributed by atoms with E-state index < -0.39 is 0 Å². The maximum atomic E-state index is 15.1. The fourth-order valence-corrected chi connectivity index (χ4v) is 6.75. The number of nitrogens with zero attached hydrogens (tertiary/aromatic N) is 2. The minimum atomic E-state index is -0.371. The van der Waals surface area contributed by atoms with Gasteiger partial charge in [-0.2, -0.15) is 0 Å². The fourth-order valence-electron chi connectivity index (χ4n) is 4.86. The zero-order chi connectivity index (χ0) is 25.1. The lowest BCUT2D eigenvalue weighted by molar-refractivity contribution is 0.175.